The Balaban J connectivity index is 2.47. The van der Waals surface area contributed by atoms with Gasteiger partial charge in [-0.3, -0.25) is 4.79 Å². The molecule has 106 valence electrons. The van der Waals surface area contributed by atoms with Crippen molar-refractivity contribution in [3.05, 3.63) is 52.6 Å². The van der Waals surface area contributed by atoms with Crippen LogP contribution in [0.5, 0.6) is 0 Å². The van der Waals surface area contributed by atoms with E-state index in [0.717, 1.165) is 17.7 Å². The zero-order valence-electron chi connectivity index (χ0n) is 11.9. The van der Waals surface area contributed by atoms with Crippen LogP contribution in [0.2, 0.25) is 0 Å². The quantitative estimate of drug-likeness (QED) is 0.897. The highest BCUT2D eigenvalue weighted by Crippen LogP contribution is 2.21. The molecule has 1 aromatic heterocycles. The zero-order chi connectivity index (χ0) is 14.5. The minimum Gasteiger partial charge on any atom is -0.330 e. The number of hydrogen-bond donors (Lipinski definition) is 1. The first-order chi connectivity index (χ1) is 9.63. The van der Waals surface area contributed by atoms with Gasteiger partial charge in [-0.25, -0.2) is 4.98 Å². The molecule has 1 aromatic carbocycles. The van der Waals surface area contributed by atoms with Crippen LogP contribution in [0.4, 0.5) is 11.5 Å². The summed E-state index contributed by atoms with van der Waals surface area (Å²) in [5.74, 6) is 0.439. The molecule has 0 radical (unpaired) electrons. The van der Waals surface area contributed by atoms with Crippen molar-refractivity contribution in [2.75, 3.05) is 18.0 Å². The predicted octanol–water partition coefficient (Wildman–Crippen LogP) is 1.58. The molecule has 0 unspecified atom stereocenters. The number of nitrogens with two attached hydrogens (primary N) is 1. The molecule has 1 heterocycles. The van der Waals surface area contributed by atoms with E-state index in [4.69, 9.17) is 5.73 Å². The van der Waals surface area contributed by atoms with Gasteiger partial charge in [-0.05, 0) is 37.6 Å². The molecule has 2 rings (SSSR count). The second kappa shape index (κ2) is 6.34. The van der Waals surface area contributed by atoms with E-state index in [1.54, 1.807) is 19.4 Å². The van der Waals surface area contributed by atoms with Crippen LogP contribution in [-0.2, 0) is 7.05 Å². The van der Waals surface area contributed by atoms with Crippen molar-refractivity contribution in [1.29, 1.82) is 0 Å². The molecule has 5 heteroatoms. The number of anilines is 2. The van der Waals surface area contributed by atoms with Crippen LogP contribution in [0.3, 0.4) is 0 Å². The van der Waals surface area contributed by atoms with Crippen molar-refractivity contribution in [2.24, 2.45) is 12.8 Å². The lowest BCUT2D eigenvalue weighted by molar-refractivity contribution is 0.780. The molecule has 0 amide bonds. The van der Waals surface area contributed by atoms with E-state index in [9.17, 15) is 4.79 Å². The smallest absolute Gasteiger partial charge is 0.293 e. The van der Waals surface area contributed by atoms with Crippen molar-refractivity contribution in [2.45, 2.75) is 13.3 Å². The highest BCUT2D eigenvalue weighted by Gasteiger charge is 2.14. The Labute approximate surface area is 118 Å². The second-order valence-corrected chi connectivity index (χ2v) is 4.80. The summed E-state index contributed by atoms with van der Waals surface area (Å²) in [4.78, 5) is 18.4. The molecule has 0 aliphatic rings. The van der Waals surface area contributed by atoms with E-state index in [1.807, 2.05) is 36.1 Å². The summed E-state index contributed by atoms with van der Waals surface area (Å²) in [5, 5.41) is 0. The molecule has 0 aliphatic heterocycles. The van der Waals surface area contributed by atoms with Gasteiger partial charge in [0.1, 0.15) is 0 Å². The molecular weight excluding hydrogens is 252 g/mol. The molecule has 0 saturated carbocycles. The molecule has 2 N–H and O–H groups in total. The van der Waals surface area contributed by atoms with E-state index in [2.05, 4.69) is 4.98 Å². The van der Waals surface area contributed by atoms with Gasteiger partial charge in [-0.1, -0.05) is 12.1 Å². The largest absolute Gasteiger partial charge is 0.330 e. The summed E-state index contributed by atoms with van der Waals surface area (Å²) in [6.45, 7) is 3.28. The monoisotopic (exact) mass is 272 g/mol. The summed E-state index contributed by atoms with van der Waals surface area (Å²) >= 11 is 0. The van der Waals surface area contributed by atoms with Gasteiger partial charge >= 0.3 is 0 Å². The van der Waals surface area contributed by atoms with Crippen molar-refractivity contribution in [1.82, 2.24) is 9.55 Å². The maximum Gasteiger partial charge on any atom is 0.293 e. The molecule has 0 atom stereocenters. The van der Waals surface area contributed by atoms with Crippen LogP contribution in [0, 0.1) is 6.92 Å². The molecule has 0 fully saturated rings. The van der Waals surface area contributed by atoms with Crippen LogP contribution in [0.1, 0.15) is 12.0 Å². The molecule has 0 spiro atoms. The Morgan fingerprint density at radius 1 is 1.40 bits per heavy atom. The summed E-state index contributed by atoms with van der Waals surface area (Å²) in [7, 11) is 1.73. The second-order valence-electron chi connectivity index (χ2n) is 4.80. The maximum absolute atomic E-state index is 12.3. The van der Waals surface area contributed by atoms with E-state index in [0.29, 0.717) is 18.9 Å². The summed E-state index contributed by atoms with van der Waals surface area (Å²) in [5.41, 5.74) is 7.61. The van der Waals surface area contributed by atoms with Crippen LogP contribution in [-0.4, -0.2) is 22.6 Å². The number of hydrogen-bond acceptors (Lipinski definition) is 4. The third kappa shape index (κ3) is 3.05. The van der Waals surface area contributed by atoms with Crippen molar-refractivity contribution in [3.8, 4) is 0 Å². The van der Waals surface area contributed by atoms with Gasteiger partial charge in [0, 0.05) is 31.7 Å². The first-order valence-electron chi connectivity index (χ1n) is 6.69. The summed E-state index contributed by atoms with van der Waals surface area (Å²) < 4.78 is 1.54. The number of nitrogens with zero attached hydrogens (tertiary/aromatic N) is 3. The Morgan fingerprint density at radius 3 is 2.90 bits per heavy atom. The number of rotatable bonds is 5. The Morgan fingerprint density at radius 2 is 2.20 bits per heavy atom. The van der Waals surface area contributed by atoms with Gasteiger partial charge in [-0.15, -0.1) is 0 Å². The van der Waals surface area contributed by atoms with Gasteiger partial charge < -0.3 is 15.2 Å². The molecule has 20 heavy (non-hydrogen) atoms. The van der Waals surface area contributed by atoms with E-state index < -0.39 is 0 Å². The molecular formula is C15H20N4O. The van der Waals surface area contributed by atoms with Crippen molar-refractivity contribution < 1.29 is 0 Å². The highest BCUT2D eigenvalue weighted by atomic mass is 16.1. The summed E-state index contributed by atoms with van der Waals surface area (Å²) in [6, 6.07) is 8.04. The fraction of sp³-hybridized carbons (Fsp3) is 0.333. The minimum absolute atomic E-state index is 0.106. The molecule has 0 saturated heterocycles. The molecule has 5 nitrogen and oxygen atoms in total. The summed E-state index contributed by atoms with van der Waals surface area (Å²) in [6.07, 6.45) is 4.10. The van der Waals surface area contributed by atoms with Crippen LogP contribution in [0.15, 0.2) is 41.5 Å². The Kier molecular flexibility index (Phi) is 4.53. The standard InChI is InChI=1S/C15H20N4O/c1-12-5-3-6-13(11-12)19(9-4-7-16)14-15(20)18(2)10-8-17-14/h3,5-6,8,10-11H,4,7,9,16H2,1-2H3. The Bertz CT molecular complexity index is 636. The third-order valence-electron chi connectivity index (χ3n) is 3.15. The molecule has 2 aromatic rings. The van der Waals surface area contributed by atoms with Gasteiger partial charge in [0.25, 0.3) is 5.56 Å². The van der Waals surface area contributed by atoms with Gasteiger partial charge in [0.15, 0.2) is 5.82 Å². The lowest BCUT2D eigenvalue weighted by Crippen LogP contribution is -2.30. The van der Waals surface area contributed by atoms with E-state index in [-0.39, 0.29) is 5.56 Å². The average molecular weight is 272 g/mol. The van der Waals surface area contributed by atoms with E-state index in [1.165, 1.54) is 4.57 Å². The van der Waals surface area contributed by atoms with Crippen molar-refractivity contribution >= 4 is 11.5 Å². The van der Waals surface area contributed by atoms with Crippen LogP contribution in [0.25, 0.3) is 0 Å². The van der Waals surface area contributed by atoms with Crippen LogP contribution >= 0.6 is 0 Å². The predicted molar refractivity (Wildman–Crippen MR) is 81.3 cm³/mol. The van der Waals surface area contributed by atoms with Crippen molar-refractivity contribution in [3.63, 3.8) is 0 Å². The lowest BCUT2D eigenvalue weighted by Gasteiger charge is -2.23. The average Bonchev–Trinajstić information content (AvgIpc) is 2.44. The number of aromatic nitrogens is 2. The topological polar surface area (TPSA) is 64.2 Å². The van der Waals surface area contributed by atoms with Gasteiger partial charge in [0.2, 0.25) is 0 Å². The number of benzene rings is 1. The lowest BCUT2D eigenvalue weighted by atomic mass is 10.2. The zero-order valence-corrected chi connectivity index (χ0v) is 11.9. The van der Waals surface area contributed by atoms with E-state index >= 15 is 0 Å². The van der Waals surface area contributed by atoms with Gasteiger partial charge in [-0.2, -0.15) is 0 Å². The first kappa shape index (κ1) is 14.3. The van der Waals surface area contributed by atoms with Crippen LogP contribution < -0.4 is 16.2 Å². The third-order valence-corrected chi connectivity index (χ3v) is 3.15. The molecule has 0 aliphatic carbocycles. The fourth-order valence-electron chi connectivity index (χ4n) is 2.07. The minimum atomic E-state index is -0.106. The normalized spacial score (nSPS) is 10.6. The first-order valence-corrected chi connectivity index (χ1v) is 6.69. The SMILES string of the molecule is Cc1cccc(N(CCCN)c2nccn(C)c2=O)c1. The fourth-order valence-corrected chi connectivity index (χ4v) is 2.07. The Hall–Kier alpha value is -2.14. The maximum atomic E-state index is 12.3. The molecule has 0 bridgehead atoms. The highest BCUT2D eigenvalue weighted by molar-refractivity contribution is 5.59. The number of aryl methyl sites for hydroxylation is 2. The van der Waals surface area contributed by atoms with Gasteiger partial charge in [0.05, 0.1) is 0 Å².